The molecule has 0 saturated carbocycles. The van der Waals surface area contributed by atoms with Gasteiger partial charge in [-0.2, -0.15) is 0 Å². The van der Waals surface area contributed by atoms with Crippen LogP contribution in [0.15, 0.2) is 53.6 Å². The van der Waals surface area contributed by atoms with E-state index in [0.717, 1.165) is 36.8 Å². The van der Waals surface area contributed by atoms with Crippen molar-refractivity contribution in [3.8, 4) is 21.8 Å². The van der Waals surface area contributed by atoms with E-state index in [9.17, 15) is 30.0 Å². The molecule has 238 valence electrons. The molecule has 1 N–H and O–H groups in total. The first kappa shape index (κ1) is 31.4. The van der Waals surface area contributed by atoms with Gasteiger partial charge in [0.2, 0.25) is 10.0 Å². The zero-order valence-corrected chi connectivity index (χ0v) is 26.5. The molecule has 0 amide bonds. The monoisotopic (exact) mass is 678 g/mol. The highest BCUT2D eigenvalue weighted by Gasteiger charge is 2.28. The molecule has 6 rings (SSSR count). The fourth-order valence-electron chi connectivity index (χ4n) is 5.28. The summed E-state index contributed by atoms with van der Waals surface area (Å²) in [5, 5.41) is 0.729. The van der Waals surface area contributed by atoms with Crippen LogP contribution in [0.25, 0.3) is 21.8 Å². The Bertz CT molecular complexity index is 1960. The average molecular weight is 679 g/mol. The fourth-order valence-corrected chi connectivity index (χ4v) is 8.41. The Morgan fingerprint density at radius 3 is 2.36 bits per heavy atom. The number of anilines is 2. The lowest BCUT2D eigenvalue weighted by Crippen LogP contribution is -2.38. The standard InChI is InChI=1S/C29H29F3N6O4S3/c1-44(39,40)38-13-8-18(9-14-38)15-26-33-10-7-23(34-26)28-27(35-29(43-28)37-11-2-12-37)19-3-5-21(31)24(16-19)36-45(41,42)25-17-20(30)4-6-22(25)32/h3-7,10,16-18,36H,2,8-9,11-15H2,1H3. The quantitative estimate of drug-likeness (QED) is 0.265. The number of hydrogen-bond acceptors (Lipinski definition) is 9. The summed E-state index contributed by atoms with van der Waals surface area (Å²) < 4.78 is 96.1. The molecule has 0 radical (unpaired) electrons. The number of halogens is 3. The van der Waals surface area contributed by atoms with Crippen molar-refractivity contribution in [2.24, 2.45) is 5.92 Å². The summed E-state index contributed by atoms with van der Waals surface area (Å²) in [6, 6.07) is 7.55. The van der Waals surface area contributed by atoms with Gasteiger partial charge in [-0.15, -0.1) is 0 Å². The Hall–Kier alpha value is -3.60. The number of aromatic nitrogens is 3. The highest BCUT2D eigenvalue weighted by molar-refractivity contribution is 7.92. The molecule has 0 bridgehead atoms. The maximum absolute atomic E-state index is 14.9. The minimum absolute atomic E-state index is 0.214. The third kappa shape index (κ3) is 6.83. The number of nitrogens with zero attached hydrogens (tertiary/aromatic N) is 5. The van der Waals surface area contributed by atoms with Crippen LogP contribution in [0.3, 0.4) is 0 Å². The van der Waals surface area contributed by atoms with Crippen molar-refractivity contribution in [3.05, 3.63) is 71.9 Å². The Morgan fingerprint density at radius 2 is 1.67 bits per heavy atom. The Balaban J connectivity index is 1.31. The molecule has 2 aromatic heterocycles. The predicted molar refractivity (Wildman–Crippen MR) is 165 cm³/mol. The molecule has 0 unspecified atom stereocenters. The number of nitrogens with one attached hydrogen (secondary N) is 1. The maximum Gasteiger partial charge on any atom is 0.265 e. The number of thiazole rings is 1. The molecule has 0 atom stereocenters. The summed E-state index contributed by atoms with van der Waals surface area (Å²) in [6.07, 6.45) is 5.83. The van der Waals surface area contributed by atoms with Crippen molar-refractivity contribution >= 4 is 42.2 Å². The average Bonchev–Trinajstić information content (AvgIpc) is 3.39. The zero-order valence-electron chi connectivity index (χ0n) is 24.1. The molecule has 2 aliphatic rings. The summed E-state index contributed by atoms with van der Waals surface area (Å²) in [4.78, 5) is 15.9. The third-order valence-corrected chi connectivity index (χ3v) is 11.7. The van der Waals surface area contributed by atoms with Crippen molar-refractivity contribution in [1.82, 2.24) is 19.3 Å². The molecule has 45 heavy (non-hydrogen) atoms. The lowest BCUT2D eigenvalue weighted by molar-refractivity contribution is 0.271. The van der Waals surface area contributed by atoms with Crippen molar-refractivity contribution in [3.63, 3.8) is 0 Å². The molecule has 4 heterocycles. The van der Waals surface area contributed by atoms with Crippen molar-refractivity contribution in [2.45, 2.75) is 30.6 Å². The van der Waals surface area contributed by atoms with E-state index in [-0.39, 0.29) is 5.92 Å². The second-order valence-electron chi connectivity index (χ2n) is 11.1. The SMILES string of the molecule is CS(=O)(=O)N1CCC(Cc2nccc(-c3sc(N4CCC4)nc3-c3ccc(F)c(NS(=O)(=O)c4cc(F)ccc4F)c3)n2)CC1. The Kier molecular flexibility index (Phi) is 8.58. The molecule has 10 nitrogen and oxygen atoms in total. The van der Waals surface area contributed by atoms with Gasteiger partial charge in [0.25, 0.3) is 10.0 Å². The van der Waals surface area contributed by atoms with E-state index in [1.807, 2.05) is 4.72 Å². The second-order valence-corrected chi connectivity index (χ2v) is 15.7. The van der Waals surface area contributed by atoms with Gasteiger partial charge in [0, 0.05) is 44.4 Å². The van der Waals surface area contributed by atoms with E-state index in [4.69, 9.17) is 9.97 Å². The number of piperidine rings is 1. The van der Waals surface area contributed by atoms with Crippen LogP contribution in [0.2, 0.25) is 0 Å². The highest BCUT2D eigenvalue weighted by Crippen LogP contribution is 2.42. The summed E-state index contributed by atoms with van der Waals surface area (Å²) in [5.74, 6) is -2.24. The first-order valence-corrected chi connectivity index (χ1v) is 18.3. The largest absolute Gasteiger partial charge is 0.348 e. The van der Waals surface area contributed by atoms with Crippen molar-refractivity contribution in [1.29, 1.82) is 0 Å². The van der Waals surface area contributed by atoms with Gasteiger partial charge in [-0.1, -0.05) is 11.3 Å². The fraction of sp³-hybridized carbons (Fsp3) is 0.345. The minimum atomic E-state index is -4.67. The van der Waals surface area contributed by atoms with E-state index in [0.29, 0.717) is 72.1 Å². The van der Waals surface area contributed by atoms with Gasteiger partial charge in [-0.3, -0.25) is 4.72 Å². The van der Waals surface area contributed by atoms with Crippen LogP contribution in [0.4, 0.5) is 24.0 Å². The van der Waals surface area contributed by atoms with Crippen LogP contribution >= 0.6 is 11.3 Å². The van der Waals surface area contributed by atoms with Gasteiger partial charge in [-0.25, -0.2) is 49.3 Å². The van der Waals surface area contributed by atoms with E-state index in [1.54, 1.807) is 12.3 Å². The topological polar surface area (TPSA) is 125 Å². The van der Waals surface area contributed by atoms with Crippen LogP contribution in [-0.2, 0) is 26.5 Å². The molecule has 2 saturated heterocycles. The van der Waals surface area contributed by atoms with Gasteiger partial charge in [-0.05, 0) is 67.6 Å². The minimum Gasteiger partial charge on any atom is -0.348 e. The number of benzene rings is 2. The molecule has 16 heteroatoms. The molecule has 2 aromatic carbocycles. The molecule has 0 spiro atoms. The maximum atomic E-state index is 14.9. The van der Waals surface area contributed by atoms with Gasteiger partial charge in [0.1, 0.15) is 28.2 Å². The molecular weight excluding hydrogens is 650 g/mol. The molecular formula is C29H29F3N6O4S3. The third-order valence-electron chi connectivity index (χ3n) is 7.86. The van der Waals surface area contributed by atoms with E-state index in [2.05, 4.69) is 9.88 Å². The van der Waals surface area contributed by atoms with Crippen LogP contribution in [0.5, 0.6) is 0 Å². The van der Waals surface area contributed by atoms with Crippen LogP contribution < -0.4 is 9.62 Å². The summed E-state index contributed by atoms with van der Waals surface area (Å²) >= 11 is 1.40. The highest BCUT2D eigenvalue weighted by atomic mass is 32.2. The lowest BCUT2D eigenvalue weighted by atomic mass is 9.94. The number of rotatable bonds is 9. The normalized spacial score (nSPS) is 16.5. The number of sulfonamides is 2. The molecule has 2 aliphatic heterocycles. The van der Waals surface area contributed by atoms with Gasteiger partial charge in [0.15, 0.2) is 5.13 Å². The van der Waals surface area contributed by atoms with Crippen molar-refractivity contribution in [2.75, 3.05) is 42.1 Å². The van der Waals surface area contributed by atoms with Gasteiger partial charge >= 0.3 is 0 Å². The summed E-state index contributed by atoms with van der Waals surface area (Å²) in [5.41, 5.74) is 0.969. The second kappa shape index (κ2) is 12.3. The Morgan fingerprint density at radius 1 is 0.933 bits per heavy atom. The van der Waals surface area contributed by atoms with Crippen LogP contribution in [-0.4, -0.2) is 68.5 Å². The predicted octanol–water partition coefficient (Wildman–Crippen LogP) is 4.91. The smallest absolute Gasteiger partial charge is 0.265 e. The first-order valence-electron chi connectivity index (χ1n) is 14.2. The molecule has 2 fully saturated rings. The van der Waals surface area contributed by atoms with E-state index >= 15 is 0 Å². The van der Waals surface area contributed by atoms with Crippen LogP contribution in [0, 0.1) is 23.4 Å². The summed E-state index contributed by atoms with van der Waals surface area (Å²) in [7, 11) is -7.91. The first-order chi connectivity index (χ1) is 21.4. The Labute approximate surface area is 263 Å². The summed E-state index contributed by atoms with van der Waals surface area (Å²) in [6.45, 7) is 2.54. The zero-order chi connectivity index (χ0) is 31.9. The lowest BCUT2D eigenvalue weighted by Gasteiger charge is -2.30. The molecule has 4 aromatic rings. The van der Waals surface area contributed by atoms with Gasteiger partial charge < -0.3 is 4.90 Å². The number of hydrogen-bond donors (Lipinski definition) is 1. The van der Waals surface area contributed by atoms with Gasteiger partial charge in [0.05, 0.1) is 28.2 Å². The molecule has 0 aliphatic carbocycles. The van der Waals surface area contributed by atoms with Crippen molar-refractivity contribution < 1.29 is 30.0 Å². The van der Waals surface area contributed by atoms with E-state index in [1.165, 1.54) is 34.0 Å². The van der Waals surface area contributed by atoms with E-state index < -0.39 is 48.1 Å². The van der Waals surface area contributed by atoms with Crippen LogP contribution in [0.1, 0.15) is 25.1 Å².